The van der Waals surface area contributed by atoms with E-state index in [1.165, 1.54) is 28.6 Å². The van der Waals surface area contributed by atoms with Gasteiger partial charge in [-0.15, -0.1) is 23.1 Å². The molecule has 29 heavy (non-hydrogen) atoms. The van der Waals surface area contributed by atoms with E-state index in [1.807, 2.05) is 30.0 Å². The molecule has 1 amide bonds. The number of thioether (sulfide) groups is 1. The standard InChI is InChI=1S/C21H21N3O3S2/c1-14(28-17-10-8-16(9-11-17)24(26)27)21(25)23-12-4-5-15(13-23)20-22-18-6-2-3-7-19(18)29-20/h2-3,6-11,14-15H,4-5,12-13H2,1H3. The summed E-state index contributed by atoms with van der Waals surface area (Å²) in [6.45, 7) is 3.37. The van der Waals surface area contributed by atoms with Crippen molar-refractivity contribution >= 4 is 44.9 Å². The second-order valence-electron chi connectivity index (χ2n) is 7.15. The Morgan fingerprint density at radius 2 is 2.03 bits per heavy atom. The van der Waals surface area contributed by atoms with Gasteiger partial charge in [0.1, 0.15) is 0 Å². The molecule has 1 aliphatic rings. The van der Waals surface area contributed by atoms with Gasteiger partial charge in [0.2, 0.25) is 5.91 Å². The fourth-order valence-electron chi connectivity index (χ4n) is 3.60. The quantitative estimate of drug-likeness (QED) is 0.322. The average Bonchev–Trinajstić information content (AvgIpc) is 3.18. The van der Waals surface area contributed by atoms with E-state index in [1.54, 1.807) is 23.5 Å². The van der Waals surface area contributed by atoms with Crippen molar-refractivity contribution in [3.8, 4) is 0 Å². The lowest BCUT2D eigenvalue weighted by molar-refractivity contribution is -0.384. The molecule has 1 saturated heterocycles. The van der Waals surface area contributed by atoms with Crippen LogP contribution in [0.2, 0.25) is 0 Å². The van der Waals surface area contributed by atoms with E-state index in [2.05, 4.69) is 6.07 Å². The number of likely N-dealkylation sites (tertiary alicyclic amines) is 1. The molecular weight excluding hydrogens is 406 g/mol. The molecule has 1 fully saturated rings. The summed E-state index contributed by atoms with van der Waals surface area (Å²) >= 11 is 3.16. The summed E-state index contributed by atoms with van der Waals surface area (Å²) in [7, 11) is 0. The number of thiazole rings is 1. The normalized spacial score (nSPS) is 18.0. The van der Waals surface area contributed by atoms with Crippen molar-refractivity contribution in [3.63, 3.8) is 0 Å². The molecular formula is C21H21N3O3S2. The van der Waals surface area contributed by atoms with E-state index >= 15 is 0 Å². The van der Waals surface area contributed by atoms with Gasteiger partial charge in [0, 0.05) is 36.0 Å². The second kappa shape index (κ2) is 8.51. The number of fused-ring (bicyclic) bond motifs is 1. The number of non-ortho nitro benzene ring substituents is 1. The van der Waals surface area contributed by atoms with Gasteiger partial charge < -0.3 is 4.90 Å². The molecule has 2 unspecified atom stereocenters. The number of aromatic nitrogens is 1. The van der Waals surface area contributed by atoms with Crippen molar-refractivity contribution in [2.75, 3.05) is 13.1 Å². The zero-order valence-electron chi connectivity index (χ0n) is 16.0. The summed E-state index contributed by atoms with van der Waals surface area (Å²) < 4.78 is 1.19. The largest absolute Gasteiger partial charge is 0.341 e. The Morgan fingerprint density at radius 3 is 2.76 bits per heavy atom. The third kappa shape index (κ3) is 4.43. The Kier molecular flexibility index (Phi) is 5.82. The van der Waals surface area contributed by atoms with Crippen molar-refractivity contribution in [2.24, 2.45) is 0 Å². The number of amides is 1. The molecule has 0 N–H and O–H groups in total. The molecule has 0 bridgehead atoms. The first kappa shape index (κ1) is 19.8. The molecule has 3 aromatic rings. The maximum atomic E-state index is 13.0. The average molecular weight is 428 g/mol. The van der Waals surface area contributed by atoms with Crippen molar-refractivity contribution < 1.29 is 9.72 Å². The molecule has 0 spiro atoms. The van der Waals surface area contributed by atoms with Crippen molar-refractivity contribution in [1.82, 2.24) is 9.88 Å². The van der Waals surface area contributed by atoms with Gasteiger partial charge in [-0.25, -0.2) is 4.98 Å². The summed E-state index contributed by atoms with van der Waals surface area (Å²) in [5.41, 5.74) is 1.08. The lowest BCUT2D eigenvalue weighted by Crippen LogP contribution is -2.42. The van der Waals surface area contributed by atoms with E-state index in [0.29, 0.717) is 6.54 Å². The van der Waals surface area contributed by atoms with Crippen LogP contribution in [0.1, 0.15) is 30.7 Å². The van der Waals surface area contributed by atoms with Crippen LogP contribution < -0.4 is 0 Å². The number of piperidine rings is 1. The molecule has 1 aromatic heterocycles. The number of benzene rings is 2. The first-order valence-corrected chi connectivity index (χ1v) is 11.3. The van der Waals surface area contributed by atoms with Gasteiger partial charge in [-0.05, 0) is 44.0 Å². The molecule has 2 aromatic carbocycles. The van der Waals surface area contributed by atoms with Gasteiger partial charge >= 0.3 is 0 Å². The number of para-hydroxylation sites is 1. The zero-order chi connectivity index (χ0) is 20.4. The summed E-state index contributed by atoms with van der Waals surface area (Å²) in [5, 5.41) is 11.7. The first-order valence-electron chi connectivity index (χ1n) is 9.56. The Balaban J connectivity index is 1.41. The molecule has 0 aliphatic carbocycles. The number of carbonyl (C=O) groups is 1. The number of nitrogens with zero attached hydrogens (tertiary/aromatic N) is 3. The first-order chi connectivity index (χ1) is 14.0. The zero-order valence-corrected chi connectivity index (χ0v) is 17.6. The fourth-order valence-corrected chi connectivity index (χ4v) is 5.65. The summed E-state index contributed by atoms with van der Waals surface area (Å²) in [5.74, 6) is 0.390. The summed E-state index contributed by atoms with van der Waals surface area (Å²) in [6, 6.07) is 14.5. The van der Waals surface area contributed by atoms with Crippen LogP contribution in [0.3, 0.4) is 0 Å². The lowest BCUT2D eigenvalue weighted by atomic mass is 9.98. The predicted octanol–water partition coefficient (Wildman–Crippen LogP) is 5.09. The number of rotatable bonds is 5. The van der Waals surface area contributed by atoms with E-state index < -0.39 is 4.92 Å². The van der Waals surface area contributed by atoms with Crippen LogP contribution in [0.25, 0.3) is 10.2 Å². The van der Waals surface area contributed by atoms with Crippen LogP contribution in [0.4, 0.5) is 5.69 Å². The fraction of sp³-hybridized carbons (Fsp3) is 0.333. The highest BCUT2D eigenvalue weighted by molar-refractivity contribution is 8.00. The van der Waals surface area contributed by atoms with E-state index in [4.69, 9.17) is 4.98 Å². The van der Waals surface area contributed by atoms with Gasteiger partial charge in [0.25, 0.3) is 5.69 Å². The maximum Gasteiger partial charge on any atom is 0.269 e. The van der Waals surface area contributed by atoms with E-state index in [0.717, 1.165) is 34.8 Å². The SMILES string of the molecule is CC(Sc1ccc([N+](=O)[O-])cc1)C(=O)N1CCCC(c2nc3ccccc3s2)C1. The summed E-state index contributed by atoms with van der Waals surface area (Å²) in [4.78, 5) is 31.0. The number of hydrogen-bond acceptors (Lipinski definition) is 6. The minimum Gasteiger partial charge on any atom is -0.341 e. The molecule has 4 rings (SSSR count). The molecule has 2 heterocycles. The molecule has 6 nitrogen and oxygen atoms in total. The van der Waals surface area contributed by atoms with Crippen LogP contribution in [0.15, 0.2) is 53.4 Å². The Morgan fingerprint density at radius 1 is 1.28 bits per heavy atom. The van der Waals surface area contributed by atoms with Crippen molar-refractivity contribution in [1.29, 1.82) is 0 Å². The second-order valence-corrected chi connectivity index (χ2v) is 9.63. The molecule has 1 aliphatic heterocycles. The Hall–Kier alpha value is -2.45. The van der Waals surface area contributed by atoms with Gasteiger partial charge in [-0.1, -0.05) is 12.1 Å². The monoisotopic (exact) mass is 427 g/mol. The van der Waals surface area contributed by atoms with Crippen LogP contribution >= 0.6 is 23.1 Å². The van der Waals surface area contributed by atoms with Crippen LogP contribution in [-0.2, 0) is 4.79 Å². The van der Waals surface area contributed by atoms with E-state index in [-0.39, 0.29) is 22.8 Å². The van der Waals surface area contributed by atoms with Crippen LogP contribution in [-0.4, -0.2) is 39.1 Å². The third-order valence-electron chi connectivity index (χ3n) is 5.10. The van der Waals surface area contributed by atoms with Crippen LogP contribution in [0, 0.1) is 10.1 Å². The molecule has 0 saturated carbocycles. The van der Waals surface area contributed by atoms with Crippen LogP contribution in [0.5, 0.6) is 0 Å². The highest BCUT2D eigenvalue weighted by Crippen LogP contribution is 2.34. The molecule has 8 heteroatoms. The predicted molar refractivity (Wildman–Crippen MR) is 117 cm³/mol. The third-order valence-corrected chi connectivity index (χ3v) is 7.40. The minimum atomic E-state index is -0.418. The summed E-state index contributed by atoms with van der Waals surface area (Å²) in [6.07, 6.45) is 2.02. The number of nitro benzene ring substituents is 1. The number of nitro groups is 1. The van der Waals surface area contributed by atoms with Crippen molar-refractivity contribution in [2.45, 2.75) is 35.8 Å². The van der Waals surface area contributed by atoms with Gasteiger partial charge in [-0.2, -0.15) is 0 Å². The highest BCUT2D eigenvalue weighted by Gasteiger charge is 2.29. The number of carbonyl (C=O) groups excluding carboxylic acids is 1. The van der Waals surface area contributed by atoms with Crippen molar-refractivity contribution in [3.05, 3.63) is 63.7 Å². The maximum absolute atomic E-state index is 13.0. The smallest absolute Gasteiger partial charge is 0.269 e. The Bertz CT molecular complexity index is 1000. The molecule has 150 valence electrons. The van der Waals surface area contributed by atoms with Gasteiger partial charge in [0.15, 0.2) is 0 Å². The van der Waals surface area contributed by atoms with Gasteiger partial charge in [-0.3, -0.25) is 14.9 Å². The number of hydrogen-bond donors (Lipinski definition) is 0. The lowest BCUT2D eigenvalue weighted by Gasteiger charge is -2.33. The molecule has 0 radical (unpaired) electrons. The Labute approximate surface area is 177 Å². The topological polar surface area (TPSA) is 76.3 Å². The van der Waals surface area contributed by atoms with E-state index in [9.17, 15) is 14.9 Å². The highest BCUT2D eigenvalue weighted by atomic mass is 32.2. The van der Waals surface area contributed by atoms with Gasteiger partial charge in [0.05, 0.1) is 25.4 Å². The molecule has 2 atom stereocenters. The minimum absolute atomic E-state index is 0.0584.